The summed E-state index contributed by atoms with van der Waals surface area (Å²) < 4.78 is 0. The summed E-state index contributed by atoms with van der Waals surface area (Å²) in [4.78, 5) is 23.5. The van der Waals surface area contributed by atoms with Gasteiger partial charge in [-0.1, -0.05) is 19.3 Å². The molecule has 2 aliphatic rings. The van der Waals surface area contributed by atoms with Gasteiger partial charge in [0.2, 0.25) is 11.8 Å². The van der Waals surface area contributed by atoms with Gasteiger partial charge in [-0.3, -0.25) is 9.59 Å². The Morgan fingerprint density at radius 3 is 2.14 bits per heavy atom. The minimum atomic E-state index is 0.0796. The summed E-state index contributed by atoms with van der Waals surface area (Å²) in [5, 5.41) is 9.10. The van der Waals surface area contributed by atoms with Gasteiger partial charge in [0.1, 0.15) is 0 Å². The van der Waals surface area contributed by atoms with Gasteiger partial charge >= 0.3 is 0 Å². The molecular formula is C16H29N3O2. The quantitative estimate of drug-likeness (QED) is 0.621. The number of carbonyl (C=O) groups excluding carboxylic acids is 2. The first-order valence-electron chi connectivity index (χ1n) is 8.51. The van der Waals surface area contributed by atoms with Crippen LogP contribution in [0.1, 0.15) is 57.8 Å². The van der Waals surface area contributed by atoms with Crippen LogP contribution in [-0.2, 0) is 9.59 Å². The molecule has 0 aromatic carbocycles. The van der Waals surface area contributed by atoms with Gasteiger partial charge < -0.3 is 16.0 Å². The summed E-state index contributed by atoms with van der Waals surface area (Å²) >= 11 is 0. The number of hydrogen-bond donors (Lipinski definition) is 3. The van der Waals surface area contributed by atoms with Crippen LogP contribution in [0.25, 0.3) is 0 Å². The molecule has 2 fully saturated rings. The zero-order valence-electron chi connectivity index (χ0n) is 13.0. The molecule has 0 spiro atoms. The lowest BCUT2D eigenvalue weighted by Crippen LogP contribution is -2.37. The van der Waals surface area contributed by atoms with Gasteiger partial charge in [-0.15, -0.1) is 0 Å². The predicted octanol–water partition coefficient (Wildman–Crippen LogP) is 1.33. The van der Waals surface area contributed by atoms with E-state index >= 15 is 0 Å². The fraction of sp³-hybridized carbons (Fsp3) is 0.875. The fourth-order valence-electron chi connectivity index (χ4n) is 3.36. The molecule has 1 aliphatic carbocycles. The molecule has 21 heavy (non-hydrogen) atoms. The van der Waals surface area contributed by atoms with Crippen LogP contribution in [0, 0.1) is 5.92 Å². The number of carbonyl (C=O) groups is 2. The van der Waals surface area contributed by atoms with E-state index in [9.17, 15) is 9.59 Å². The van der Waals surface area contributed by atoms with E-state index in [4.69, 9.17) is 0 Å². The van der Waals surface area contributed by atoms with Crippen molar-refractivity contribution < 1.29 is 9.59 Å². The molecule has 0 bridgehead atoms. The molecule has 0 aromatic heterocycles. The lowest BCUT2D eigenvalue weighted by Gasteiger charge is -2.20. The first-order valence-corrected chi connectivity index (χ1v) is 8.51. The first kappa shape index (κ1) is 16.3. The molecule has 3 N–H and O–H groups in total. The Morgan fingerprint density at radius 1 is 0.857 bits per heavy atom. The minimum Gasteiger partial charge on any atom is -0.354 e. The zero-order valence-corrected chi connectivity index (χ0v) is 13.0. The highest BCUT2D eigenvalue weighted by atomic mass is 16.2. The standard InChI is InChI=1S/C16H29N3O2/c20-15(11-13-5-2-1-3-6-13)18-9-10-19-16(21)12-14-7-4-8-17-14/h13-14,17H,1-12H2,(H,18,20)(H,19,21). The van der Waals surface area contributed by atoms with Crippen molar-refractivity contribution in [1.82, 2.24) is 16.0 Å². The Balaban J connectivity index is 1.48. The van der Waals surface area contributed by atoms with Crippen molar-refractivity contribution in [3.63, 3.8) is 0 Å². The van der Waals surface area contributed by atoms with Gasteiger partial charge in [0.05, 0.1) is 0 Å². The second-order valence-electron chi connectivity index (χ2n) is 6.41. The monoisotopic (exact) mass is 295 g/mol. The van der Waals surface area contributed by atoms with E-state index in [0.717, 1.165) is 19.4 Å². The Labute approximate surface area is 127 Å². The Morgan fingerprint density at radius 2 is 1.52 bits per heavy atom. The number of amides is 2. The van der Waals surface area contributed by atoms with Crippen molar-refractivity contribution in [3.8, 4) is 0 Å². The van der Waals surface area contributed by atoms with Gasteiger partial charge in [0, 0.05) is 32.0 Å². The normalized spacial score (nSPS) is 23.0. The molecule has 1 aliphatic heterocycles. The van der Waals surface area contributed by atoms with Crippen molar-refractivity contribution in [1.29, 1.82) is 0 Å². The summed E-state index contributed by atoms with van der Waals surface area (Å²) in [6.07, 6.45) is 9.69. The summed E-state index contributed by atoms with van der Waals surface area (Å²) in [6, 6.07) is 0.339. The number of rotatable bonds is 7. The van der Waals surface area contributed by atoms with Crippen LogP contribution in [0.2, 0.25) is 0 Å². The van der Waals surface area contributed by atoms with E-state index in [1.807, 2.05) is 0 Å². The predicted molar refractivity (Wildman–Crippen MR) is 82.9 cm³/mol. The molecule has 1 atom stereocenters. The molecule has 0 radical (unpaired) electrons. The average molecular weight is 295 g/mol. The summed E-state index contributed by atoms with van der Waals surface area (Å²) in [5.74, 6) is 0.784. The minimum absolute atomic E-state index is 0.0796. The number of hydrogen-bond acceptors (Lipinski definition) is 3. The summed E-state index contributed by atoms with van der Waals surface area (Å²) in [7, 11) is 0. The maximum absolute atomic E-state index is 11.8. The first-order chi connectivity index (χ1) is 10.2. The summed E-state index contributed by atoms with van der Waals surface area (Å²) in [5.41, 5.74) is 0. The van der Waals surface area contributed by atoms with E-state index in [1.165, 1.54) is 32.1 Å². The van der Waals surface area contributed by atoms with Crippen molar-refractivity contribution in [2.24, 2.45) is 5.92 Å². The van der Waals surface area contributed by atoms with Gasteiger partial charge in [-0.2, -0.15) is 0 Å². The van der Waals surface area contributed by atoms with E-state index in [1.54, 1.807) is 0 Å². The van der Waals surface area contributed by atoms with Crippen LogP contribution in [-0.4, -0.2) is 37.5 Å². The molecule has 5 nitrogen and oxygen atoms in total. The largest absolute Gasteiger partial charge is 0.354 e. The third-order valence-electron chi connectivity index (χ3n) is 4.56. The molecule has 5 heteroatoms. The van der Waals surface area contributed by atoms with Gasteiger partial charge in [0.25, 0.3) is 0 Å². The van der Waals surface area contributed by atoms with Gasteiger partial charge in [-0.05, 0) is 38.1 Å². The molecular weight excluding hydrogens is 266 g/mol. The fourth-order valence-corrected chi connectivity index (χ4v) is 3.36. The molecule has 2 amide bonds. The third kappa shape index (κ3) is 6.46. The van der Waals surface area contributed by atoms with Crippen LogP contribution in [0.3, 0.4) is 0 Å². The molecule has 0 aromatic rings. The third-order valence-corrected chi connectivity index (χ3v) is 4.56. The van der Waals surface area contributed by atoms with E-state index in [-0.39, 0.29) is 11.8 Å². The highest BCUT2D eigenvalue weighted by molar-refractivity contribution is 5.77. The van der Waals surface area contributed by atoms with Crippen LogP contribution in [0.4, 0.5) is 0 Å². The van der Waals surface area contributed by atoms with E-state index in [0.29, 0.717) is 37.9 Å². The molecule has 1 heterocycles. The van der Waals surface area contributed by atoms with Crippen LogP contribution in [0.15, 0.2) is 0 Å². The lowest BCUT2D eigenvalue weighted by molar-refractivity contribution is -0.123. The molecule has 2 rings (SSSR count). The van der Waals surface area contributed by atoms with E-state index in [2.05, 4.69) is 16.0 Å². The van der Waals surface area contributed by atoms with Gasteiger partial charge in [0.15, 0.2) is 0 Å². The summed E-state index contributed by atoms with van der Waals surface area (Å²) in [6.45, 7) is 2.09. The maximum Gasteiger partial charge on any atom is 0.221 e. The second kappa shape index (κ2) is 9.03. The van der Waals surface area contributed by atoms with Crippen molar-refractivity contribution in [2.45, 2.75) is 63.8 Å². The lowest BCUT2D eigenvalue weighted by atomic mass is 9.87. The average Bonchev–Trinajstić information content (AvgIpc) is 2.97. The maximum atomic E-state index is 11.8. The van der Waals surface area contributed by atoms with Crippen molar-refractivity contribution in [2.75, 3.05) is 19.6 Å². The van der Waals surface area contributed by atoms with E-state index < -0.39 is 0 Å². The number of nitrogens with one attached hydrogen (secondary N) is 3. The Bertz CT molecular complexity index is 334. The topological polar surface area (TPSA) is 70.2 Å². The van der Waals surface area contributed by atoms with Crippen molar-refractivity contribution >= 4 is 11.8 Å². The SMILES string of the molecule is O=C(CC1CCCCC1)NCCNC(=O)CC1CCCN1. The Kier molecular flexibility index (Phi) is 7.00. The van der Waals surface area contributed by atoms with Crippen LogP contribution in [0.5, 0.6) is 0 Å². The Hall–Kier alpha value is -1.10. The van der Waals surface area contributed by atoms with Crippen LogP contribution >= 0.6 is 0 Å². The molecule has 120 valence electrons. The van der Waals surface area contributed by atoms with Crippen molar-refractivity contribution in [3.05, 3.63) is 0 Å². The molecule has 1 saturated heterocycles. The van der Waals surface area contributed by atoms with Crippen LogP contribution < -0.4 is 16.0 Å². The second-order valence-corrected chi connectivity index (χ2v) is 6.41. The van der Waals surface area contributed by atoms with Gasteiger partial charge in [-0.25, -0.2) is 0 Å². The zero-order chi connectivity index (χ0) is 14.9. The smallest absolute Gasteiger partial charge is 0.221 e. The highest BCUT2D eigenvalue weighted by Gasteiger charge is 2.18. The highest BCUT2D eigenvalue weighted by Crippen LogP contribution is 2.25. The molecule has 1 unspecified atom stereocenters. The molecule has 1 saturated carbocycles.